The number of ether oxygens (including phenoxy) is 3. The van der Waals surface area contributed by atoms with E-state index >= 15 is 0 Å². The molecule has 65 heavy (non-hydrogen) atoms. The highest BCUT2D eigenvalue weighted by Gasteiger charge is 2.46. The number of hydrogen-bond donors (Lipinski definition) is 8. The summed E-state index contributed by atoms with van der Waals surface area (Å²) >= 11 is 0. The first-order valence-electron chi connectivity index (χ1n) is 23.3. The van der Waals surface area contributed by atoms with Gasteiger partial charge in [-0.1, -0.05) is 19.1 Å². The van der Waals surface area contributed by atoms with Crippen molar-refractivity contribution in [2.75, 3.05) is 81.7 Å². The summed E-state index contributed by atoms with van der Waals surface area (Å²) < 4.78 is 17.5. The molecule has 6 heterocycles. The molecule has 8 rings (SSSR count). The topological polar surface area (TPSA) is 244 Å². The first-order chi connectivity index (χ1) is 31.5. The first kappa shape index (κ1) is 46.7. The lowest BCUT2D eigenvalue weighted by atomic mass is 10.0. The number of aliphatic hydroxyl groups excluding tert-OH is 4. The Labute approximate surface area is 380 Å². The lowest BCUT2D eigenvalue weighted by Crippen LogP contribution is -2.57. The fourth-order valence-electron chi connectivity index (χ4n) is 9.99. The number of rotatable bonds is 16. The number of fused-ring (bicyclic) bond motifs is 1. The number of benzene rings is 2. The van der Waals surface area contributed by atoms with Gasteiger partial charge in [-0.3, -0.25) is 19.8 Å². The molecule has 354 valence electrons. The number of carbonyl (C=O) groups excluding carboxylic acids is 2. The highest BCUT2D eigenvalue weighted by Crippen LogP contribution is 2.46. The lowest BCUT2D eigenvalue weighted by molar-refractivity contribution is -0.159. The molecule has 5 atom stereocenters. The summed E-state index contributed by atoms with van der Waals surface area (Å²) in [4.78, 5) is 43.4. The van der Waals surface area contributed by atoms with Crippen molar-refractivity contribution >= 4 is 34.8 Å². The summed E-state index contributed by atoms with van der Waals surface area (Å²) in [7, 11) is 1.66. The van der Waals surface area contributed by atoms with E-state index in [1.54, 1.807) is 25.3 Å². The van der Waals surface area contributed by atoms with Crippen molar-refractivity contribution < 1.29 is 44.2 Å². The standard InChI is InChI=1S/C46H66N10O9/c1-3-32-42(48-28-16-25-64-26-17-28)52-43(40(50-32)41(47)59)49-29-10-11-33(36(27-29)63-2)54-18-14-30(15-19-54)53-20-22-55(23-21-53)38(58)9-4-5-24-65-35-8-6-7-31-39(35)46(62)56(45(31)61)34-12-13-37(57)51-44(34)60/h6-8,10-11,27-28,30,34,37,44-46,51,57,60-62H,3-5,9,12-26H2,1-2H3,(H2,47,59)(H2,48,49,52). The number of nitrogens with zero attached hydrogens (tertiary/aromatic N) is 6. The molecule has 4 saturated heterocycles. The number of aromatic nitrogens is 2. The van der Waals surface area contributed by atoms with Crippen molar-refractivity contribution in [3.05, 3.63) is 58.9 Å². The van der Waals surface area contributed by atoms with Crippen molar-refractivity contribution in [1.29, 1.82) is 0 Å². The number of piperidine rings is 2. The molecule has 4 fully saturated rings. The number of carbonyl (C=O) groups is 2. The maximum atomic E-state index is 13.2. The van der Waals surface area contributed by atoms with Crippen molar-refractivity contribution in [3.63, 3.8) is 0 Å². The molecule has 2 amide bonds. The second kappa shape index (κ2) is 21.2. The predicted octanol–water partition coefficient (Wildman–Crippen LogP) is 2.53. The van der Waals surface area contributed by atoms with E-state index < -0.39 is 36.9 Å². The van der Waals surface area contributed by atoms with E-state index in [0.29, 0.717) is 117 Å². The van der Waals surface area contributed by atoms with Crippen molar-refractivity contribution in [3.8, 4) is 11.5 Å². The Morgan fingerprint density at radius 2 is 1.66 bits per heavy atom. The molecule has 0 spiro atoms. The number of amides is 2. The van der Waals surface area contributed by atoms with E-state index in [-0.39, 0.29) is 23.5 Å². The molecule has 0 bridgehead atoms. The van der Waals surface area contributed by atoms with E-state index in [2.05, 4.69) is 30.7 Å². The van der Waals surface area contributed by atoms with Gasteiger partial charge in [0.15, 0.2) is 17.3 Å². The maximum Gasteiger partial charge on any atom is 0.271 e. The van der Waals surface area contributed by atoms with Gasteiger partial charge in [-0.15, -0.1) is 0 Å². The Morgan fingerprint density at radius 1 is 0.892 bits per heavy atom. The zero-order chi connectivity index (χ0) is 45.6. The third-order valence-electron chi connectivity index (χ3n) is 13.6. The summed E-state index contributed by atoms with van der Waals surface area (Å²) in [5.41, 5.74) is 9.23. The highest BCUT2D eigenvalue weighted by atomic mass is 16.5. The highest BCUT2D eigenvalue weighted by molar-refractivity contribution is 5.96. The van der Waals surface area contributed by atoms with Crippen LogP contribution in [0.4, 0.5) is 23.0 Å². The van der Waals surface area contributed by atoms with Crippen LogP contribution in [0.3, 0.4) is 0 Å². The van der Waals surface area contributed by atoms with Gasteiger partial charge in [-0.25, -0.2) is 14.9 Å². The summed E-state index contributed by atoms with van der Waals surface area (Å²) in [5.74, 6) is 1.58. The summed E-state index contributed by atoms with van der Waals surface area (Å²) in [6.07, 6.45) is 2.56. The van der Waals surface area contributed by atoms with Crippen molar-refractivity contribution in [1.82, 2.24) is 30.0 Å². The van der Waals surface area contributed by atoms with Gasteiger partial charge in [0.25, 0.3) is 5.91 Å². The number of primary amides is 1. The minimum Gasteiger partial charge on any atom is -0.495 e. The molecule has 0 radical (unpaired) electrons. The smallest absolute Gasteiger partial charge is 0.271 e. The van der Waals surface area contributed by atoms with E-state index in [1.165, 1.54) is 4.90 Å². The molecule has 5 aliphatic heterocycles. The molecule has 3 aromatic rings. The number of methoxy groups -OCH3 is 1. The fourth-order valence-corrected chi connectivity index (χ4v) is 9.99. The number of unbranched alkanes of at least 4 members (excludes halogenated alkanes) is 1. The van der Waals surface area contributed by atoms with Crippen LogP contribution in [0.5, 0.6) is 11.5 Å². The van der Waals surface area contributed by atoms with Gasteiger partial charge in [0.05, 0.1) is 31.1 Å². The van der Waals surface area contributed by atoms with Crippen LogP contribution in [-0.4, -0.2) is 154 Å². The van der Waals surface area contributed by atoms with Crippen LogP contribution >= 0.6 is 0 Å². The Bertz CT molecular complexity index is 2110. The fraction of sp³-hybridized carbons (Fsp3) is 0.609. The summed E-state index contributed by atoms with van der Waals surface area (Å²) in [6, 6.07) is 11.2. The maximum absolute atomic E-state index is 13.2. The van der Waals surface area contributed by atoms with Crippen molar-refractivity contribution in [2.45, 2.75) is 114 Å². The van der Waals surface area contributed by atoms with Crippen LogP contribution in [0, 0.1) is 0 Å². The van der Waals surface area contributed by atoms with Gasteiger partial charge in [-0.05, 0) is 76.0 Å². The second-order valence-electron chi connectivity index (χ2n) is 17.6. The Balaban J connectivity index is 0.775. The van der Waals surface area contributed by atoms with Crippen molar-refractivity contribution in [2.24, 2.45) is 5.73 Å². The zero-order valence-electron chi connectivity index (χ0n) is 37.5. The van der Waals surface area contributed by atoms with Gasteiger partial charge >= 0.3 is 0 Å². The average molecular weight is 903 g/mol. The zero-order valence-corrected chi connectivity index (χ0v) is 37.5. The van der Waals surface area contributed by atoms with Crippen LogP contribution in [0.15, 0.2) is 36.4 Å². The second-order valence-corrected chi connectivity index (χ2v) is 17.6. The predicted molar refractivity (Wildman–Crippen MR) is 243 cm³/mol. The molecular weight excluding hydrogens is 837 g/mol. The van der Waals surface area contributed by atoms with Gasteiger partial charge in [0.2, 0.25) is 5.91 Å². The number of aliphatic hydroxyl groups is 4. The molecule has 0 saturated carbocycles. The van der Waals surface area contributed by atoms with Crippen LogP contribution in [0.2, 0.25) is 0 Å². The summed E-state index contributed by atoms with van der Waals surface area (Å²) in [6.45, 7) is 8.49. The largest absolute Gasteiger partial charge is 0.495 e. The minimum atomic E-state index is -1.18. The number of nitrogens with one attached hydrogen (secondary N) is 3. The molecule has 2 aromatic carbocycles. The number of hydrogen-bond acceptors (Lipinski definition) is 17. The number of piperazine rings is 1. The Morgan fingerprint density at radius 3 is 2.37 bits per heavy atom. The number of anilines is 4. The number of aryl methyl sites for hydroxylation is 1. The molecule has 19 heteroatoms. The molecule has 9 N–H and O–H groups in total. The van der Waals surface area contributed by atoms with E-state index in [4.69, 9.17) is 24.9 Å². The third kappa shape index (κ3) is 10.6. The van der Waals surface area contributed by atoms with E-state index in [0.717, 1.165) is 57.5 Å². The third-order valence-corrected chi connectivity index (χ3v) is 13.6. The molecule has 5 unspecified atom stereocenters. The van der Waals surface area contributed by atoms with Gasteiger partial charge in [-0.2, -0.15) is 0 Å². The van der Waals surface area contributed by atoms with E-state index in [1.807, 2.05) is 30.0 Å². The van der Waals surface area contributed by atoms with Crippen LogP contribution < -0.4 is 36.1 Å². The normalized spacial score (nSPS) is 24.7. The van der Waals surface area contributed by atoms with Crippen LogP contribution in [0.25, 0.3) is 0 Å². The van der Waals surface area contributed by atoms with Gasteiger partial charge in [0.1, 0.15) is 36.4 Å². The quantitative estimate of drug-likeness (QED) is 0.0964. The molecular formula is C46H66N10O9. The van der Waals surface area contributed by atoms with Crippen LogP contribution in [-0.2, 0) is 16.0 Å². The molecule has 0 aliphatic carbocycles. The van der Waals surface area contributed by atoms with Gasteiger partial charge in [0, 0.05) is 93.9 Å². The minimum absolute atomic E-state index is 0.0847. The molecule has 19 nitrogen and oxygen atoms in total. The number of nitrogens with two attached hydrogens (primary N) is 1. The monoisotopic (exact) mass is 903 g/mol. The Hall–Kier alpha value is -4.86. The Kier molecular flexibility index (Phi) is 15.2. The van der Waals surface area contributed by atoms with E-state index in [9.17, 15) is 30.0 Å². The van der Waals surface area contributed by atoms with Crippen LogP contribution in [0.1, 0.15) is 104 Å². The summed E-state index contributed by atoms with van der Waals surface area (Å²) in [5, 5.41) is 52.2. The molecule has 1 aromatic heterocycles. The lowest BCUT2D eigenvalue weighted by Gasteiger charge is -2.43. The SMILES string of the molecule is CCc1nc(C(N)=O)c(Nc2ccc(N3CCC(N4CCN(C(=O)CCCCOc5cccc6c5C(O)N(C5CCC(O)NC5O)C6O)CC4)CC3)c(OC)c2)nc1NC1CCOCC1. The van der Waals surface area contributed by atoms with Gasteiger partial charge < -0.3 is 60.8 Å². The molecule has 5 aliphatic rings. The first-order valence-corrected chi connectivity index (χ1v) is 23.3. The average Bonchev–Trinajstić information content (AvgIpc) is 3.57.